The van der Waals surface area contributed by atoms with Gasteiger partial charge in [-0.15, -0.1) is 0 Å². The summed E-state index contributed by atoms with van der Waals surface area (Å²) in [6.07, 6.45) is 1.26. The number of hydrogen-bond acceptors (Lipinski definition) is 3. The zero-order valence-corrected chi connectivity index (χ0v) is 12.5. The second-order valence-electron chi connectivity index (χ2n) is 5.78. The van der Waals surface area contributed by atoms with Crippen molar-refractivity contribution < 1.29 is 4.74 Å². The number of nitrogens with zero attached hydrogens (tertiary/aromatic N) is 1. The highest BCUT2D eigenvalue weighted by Gasteiger charge is 2.29. The van der Waals surface area contributed by atoms with E-state index in [4.69, 9.17) is 16.3 Å². The SMILES string of the molecule is CN(CCOc1cccc(Cl)c1)CC1(C)CCNC1. The number of halogens is 1. The molecule has 1 N–H and O–H groups in total. The van der Waals surface area contributed by atoms with Crippen LogP contribution in [0.15, 0.2) is 24.3 Å². The molecule has 1 fully saturated rings. The Balaban J connectivity index is 1.70. The minimum atomic E-state index is 0.408. The number of likely N-dealkylation sites (N-methyl/N-ethyl adjacent to an activating group) is 1. The summed E-state index contributed by atoms with van der Waals surface area (Å²) in [5.41, 5.74) is 0.408. The van der Waals surface area contributed by atoms with Crippen LogP contribution in [0.1, 0.15) is 13.3 Å². The second kappa shape index (κ2) is 6.60. The largest absolute Gasteiger partial charge is 0.492 e. The highest BCUT2D eigenvalue weighted by atomic mass is 35.5. The summed E-state index contributed by atoms with van der Waals surface area (Å²) in [7, 11) is 2.16. The van der Waals surface area contributed by atoms with E-state index in [-0.39, 0.29) is 0 Å². The van der Waals surface area contributed by atoms with Gasteiger partial charge in [-0.05, 0) is 43.6 Å². The van der Waals surface area contributed by atoms with Gasteiger partial charge < -0.3 is 15.0 Å². The molecule has 0 amide bonds. The summed E-state index contributed by atoms with van der Waals surface area (Å²) >= 11 is 5.92. The molecule has 1 aromatic rings. The fraction of sp³-hybridized carbons (Fsp3) is 0.600. The van der Waals surface area contributed by atoms with E-state index in [1.54, 1.807) is 0 Å². The molecule has 1 atom stereocenters. The molecule has 0 aromatic heterocycles. The maximum atomic E-state index is 5.92. The van der Waals surface area contributed by atoms with Gasteiger partial charge in [-0.2, -0.15) is 0 Å². The van der Waals surface area contributed by atoms with E-state index in [2.05, 4.69) is 24.2 Å². The standard InChI is InChI=1S/C15H23ClN2O/c1-15(6-7-17-11-15)12-18(2)8-9-19-14-5-3-4-13(16)10-14/h3-5,10,17H,6-9,11-12H2,1-2H3. The Bertz CT molecular complexity index is 405. The van der Waals surface area contributed by atoms with E-state index < -0.39 is 0 Å². The fourth-order valence-corrected chi connectivity index (χ4v) is 2.79. The maximum absolute atomic E-state index is 5.92. The summed E-state index contributed by atoms with van der Waals surface area (Å²) in [5.74, 6) is 0.842. The first-order valence-electron chi connectivity index (χ1n) is 6.85. The van der Waals surface area contributed by atoms with E-state index in [1.807, 2.05) is 24.3 Å². The van der Waals surface area contributed by atoms with E-state index in [0.29, 0.717) is 12.0 Å². The number of nitrogens with one attached hydrogen (secondary N) is 1. The number of ether oxygens (including phenoxy) is 1. The Labute approximate surface area is 120 Å². The summed E-state index contributed by atoms with van der Waals surface area (Å²) in [5, 5.41) is 4.15. The number of rotatable bonds is 6. The molecule has 1 saturated heterocycles. The Morgan fingerprint density at radius 3 is 3.00 bits per heavy atom. The fourth-order valence-electron chi connectivity index (χ4n) is 2.61. The topological polar surface area (TPSA) is 24.5 Å². The summed E-state index contributed by atoms with van der Waals surface area (Å²) < 4.78 is 5.71. The van der Waals surface area contributed by atoms with Gasteiger partial charge in [0, 0.05) is 24.7 Å². The van der Waals surface area contributed by atoms with Gasteiger partial charge in [0.05, 0.1) is 0 Å². The molecule has 0 radical (unpaired) electrons. The first-order chi connectivity index (χ1) is 9.07. The lowest BCUT2D eigenvalue weighted by atomic mass is 9.89. The number of benzene rings is 1. The minimum absolute atomic E-state index is 0.408. The first kappa shape index (κ1) is 14.6. The highest BCUT2D eigenvalue weighted by Crippen LogP contribution is 2.25. The van der Waals surface area contributed by atoms with Gasteiger partial charge in [-0.3, -0.25) is 0 Å². The summed E-state index contributed by atoms with van der Waals surface area (Å²) in [6.45, 7) is 7.35. The zero-order chi connectivity index (χ0) is 13.7. The van der Waals surface area contributed by atoms with Crippen LogP contribution < -0.4 is 10.1 Å². The van der Waals surface area contributed by atoms with E-state index in [0.717, 1.165) is 37.0 Å². The molecule has 1 aromatic carbocycles. The van der Waals surface area contributed by atoms with E-state index in [9.17, 15) is 0 Å². The van der Waals surface area contributed by atoms with Crippen LogP contribution in [0.5, 0.6) is 5.75 Å². The van der Waals surface area contributed by atoms with Crippen LogP contribution in [0.4, 0.5) is 0 Å². The van der Waals surface area contributed by atoms with Crippen molar-refractivity contribution in [1.29, 1.82) is 0 Å². The molecular formula is C15H23ClN2O. The molecule has 4 heteroatoms. The molecule has 0 saturated carbocycles. The lowest BCUT2D eigenvalue weighted by Crippen LogP contribution is -2.37. The van der Waals surface area contributed by atoms with Gasteiger partial charge in [-0.25, -0.2) is 0 Å². The van der Waals surface area contributed by atoms with Crippen LogP contribution in [0, 0.1) is 5.41 Å². The van der Waals surface area contributed by atoms with Crippen LogP contribution in [0.3, 0.4) is 0 Å². The minimum Gasteiger partial charge on any atom is -0.492 e. The zero-order valence-electron chi connectivity index (χ0n) is 11.8. The van der Waals surface area contributed by atoms with Crippen molar-refractivity contribution >= 4 is 11.6 Å². The third-order valence-electron chi connectivity index (χ3n) is 3.65. The van der Waals surface area contributed by atoms with Crippen molar-refractivity contribution in [2.75, 3.05) is 39.8 Å². The Morgan fingerprint density at radius 2 is 2.32 bits per heavy atom. The average Bonchev–Trinajstić information content (AvgIpc) is 2.75. The molecule has 106 valence electrons. The molecule has 0 aliphatic carbocycles. The molecule has 1 aliphatic rings. The average molecular weight is 283 g/mol. The molecule has 3 nitrogen and oxygen atoms in total. The normalized spacial score (nSPS) is 22.9. The van der Waals surface area contributed by atoms with Crippen LogP contribution in [0.25, 0.3) is 0 Å². The third kappa shape index (κ3) is 4.68. The molecule has 0 spiro atoms. The van der Waals surface area contributed by atoms with Gasteiger partial charge in [0.2, 0.25) is 0 Å². The van der Waals surface area contributed by atoms with Gasteiger partial charge in [0.15, 0.2) is 0 Å². The molecule has 1 unspecified atom stereocenters. The predicted molar refractivity (Wildman–Crippen MR) is 80.0 cm³/mol. The number of hydrogen-bond donors (Lipinski definition) is 1. The van der Waals surface area contributed by atoms with E-state index in [1.165, 1.54) is 6.42 Å². The first-order valence-corrected chi connectivity index (χ1v) is 7.23. The van der Waals surface area contributed by atoms with Crippen molar-refractivity contribution in [3.05, 3.63) is 29.3 Å². The Morgan fingerprint density at radius 1 is 1.47 bits per heavy atom. The van der Waals surface area contributed by atoms with Gasteiger partial charge >= 0.3 is 0 Å². The van der Waals surface area contributed by atoms with Crippen LogP contribution >= 0.6 is 11.6 Å². The van der Waals surface area contributed by atoms with Crippen molar-refractivity contribution in [2.24, 2.45) is 5.41 Å². The molecule has 1 heterocycles. The Kier molecular flexibility index (Phi) is 5.08. The Hall–Kier alpha value is -0.770. The summed E-state index contributed by atoms with van der Waals surface area (Å²) in [6, 6.07) is 7.55. The lowest BCUT2D eigenvalue weighted by Gasteiger charge is -2.29. The predicted octanol–water partition coefficient (Wildman–Crippen LogP) is 2.65. The molecule has 1 aliphatic heterocycles. The van der Waals surface area contributed by atoms with Crippen molar-refractivity contribution in [3.63, 3.8) is 0 Å². The smallest absolute Gasteiger partial charge is 0.120 e. The lowest BCUT2D eigenvalue weighted by molar-refractivity contribution is 0.177. The van der Waals surface area contributed by atoms with Crippen molar-refractivity contribution in [1.82, 2.24) is 10.2 Å². The van der Waals surface area contributed by atoms with Gasteiger partial charge in [-0.1, -0.05) is 24.6 Å². The second-order valence-corrected chi connectivity index (χ2v) is 6.22. The third-order valence-corrected chi connectivity index (χ3v) is 3.88. The van der Waals surface area contributed by atoms with E-state index >= 15 is 0 Å². The van der Waals surface area contributed by atoms with Crippen molar-refractivity contribution in [2.45, 2.75) is 13.3 Å². The molecule has 19 heavy (non-hydrogen) atoms. The van der Waals surface area contributed by atoms with Gasteiger partial charge in [0.25, 0.3) is 0 Å². The quantitative estimate of drug-likeness (QED) is 0.868. The van der Waals surface area contributed by atoms with Crippen LogP contribution in [-0.4, -0.2) is 44.7 Å². The van der Waals surface area contributed by atoms with Crippen LogP contribution in [0.2, 0.25) is 5.02 Å². The maximum Gasteiger partial charge on any atom is 0.120 e. The molecule has 0 bridgehead atoms. The molecule has 2 rings (SSSR count). The monoisotopic (exact) mass is 282 g/mol. The summed E-state index contributed by atoms with van der Waals surface area (Å²) in [4.78, 5) is 2.34. The molecular weight excluding hydrogens is 260 g/mol. The highest BCUT2D eigenvalue weighted by molar-refractivity contribution is 6.30. The van der Waals surface area contributed by atoms with Crippen LogP contribution in [-0.2, 0) is 0 Å². The van der Waals surface area contributed by atoms with Gasteiger partial charge in [0.1, 0.15) is 12.4 Å². The van der Waals surface area contributed by atoms with Crippen molar-refractivity contribution in [3.8, 4) is 5.75 Å².